The van der Waals surface area contributed by atoms with Crippen molar-refractivity contribution >= 4 is 0 Å². The van der Waals surface area contributed by atoms with Crippen molar-refractivity contribution in [2.75, 3.05) is 6.61 Å². The highest BCUT2D eigenvalue weighted by molar-refractivity contribution is 5.61. The number of halogens is 1. The van der Waals surface area contributed by atoms with Crippen LogP contribution >= 0.6 is 0 Å². The van der Waals surface area contributed by atoms with Crippen LogP contribution in [0.3, 0.4) is 0 Å². The summed E-state index contributed by atoms with van der Waals surface area (Å²) in [6.07, 6.45) is 2.53. The molecule has 1 heterocycles. The molecule has 0 aliphatic heterocycles. The van der Waals surface area contributed by atoms with Gasteiger partial charge in [0.05, 0.1) is 12.3 Å². The maximum atomic E-state index is 13.2. The van der Waals surface area contributed by atoms with Crippen molar-refractivity contribution in [3.63, 3.8) is 0 Å². The van der Waals surface area contributed by atoms with E-state index in [2.05, 4.69) is 16.9 Å². The Balaban J connectivity index is 1.58. The van der Waals surface area contributed by atoms with Gasteiger partial charge in [0.15, 0.2) is 0 Å². The van der Waals surface area contributed by atoms with Crippen molar-refractivity contribution < 1.29 is 9.13 Å². The third-order valence-corrected chi connectivity index (χ3v) is 4.11. The number of ether oxygens (including phenoxy) is 1. The van der Waals surface area contributed by atoms with Gasteiger partial charge in [0.1, 0.15) is 11.6 Å². The Morgan fingerprint density at radius 1 is 1.07 bits per heavy atom. The number of benzene rings is 2. The second-order valence-corrected chi connectivity index (χ2v) is 6.28. The molecule has 3 rings (SSSR count). The summed E-state index contributed by atoms with van der Waals surface area (Å²) < 4.78 is 18.8. The smallest absolute Gasteiger partial charge is 0.123 e. The second kappa shape index (κ2) is 8.99. The maximum absolute atomic E-state index is 13.2. The lowest BCUT2D eigenvalue weighted by Gasteiger charge is -2.10. The first-order valence-electron chi connectivity index (χ1n) is 8.98. The minimum atomic E-state index is -0.229. The fraction of sp³-hybridized carbons (Fsp3) is 0.174. The SMILES string of the molecule is C=C(Cc1ccc(-c2cccc(OCC)c2)nc1)NCc1cccc(F)c1. The summed E-state index contributed by atoms with van der Waals surface area (Å²) >= 11 is 0. The Morgan fingerprint density at radius 2 is 1.93 bits per heavy atom. The van der Waals surface area contributed by atoms with Crippen molar-refractivity contribution in [1.29, 1.82) is 0 Å². The molecular weight excluding hydrogens is 339 g/mol. The van der Waals surface area contributed by atoms with E-state index in [1.54, 1.807) is 6.07 Å². The molecule has 0 aliphatic rings. The number of nitrogens with one attached hydrogen (secondary N) is 1. The van der Waals surface area contributed by atoms with E-state index in [0.29, 0.717) is 19.6 Å². The summed E-state index contributed by atoms with van der Waals surface area (Å²) in [5.74, 6) is 0.615. The molecule has 0 bridgehead atoms. The van der Waals surface area contributed by atoms with Crippen LogP contribution in [0.4, 0.5) is 4.39 Å². The number of hydrogen-bond acceptors (Lipinski definition) is 3. The van der Waals surface area contributed by atoms with Gasteiger partial charge >= 0.3 is 0 Å². The molecule has 0 saturated heterocycles. The van der Waals surface area contributed by atoms with Crippen molar-refractivity contribution in [2.24, 2.45) is 0 Å². The standard InChI is InChI=1S/C23H23FN2O/c1-3-27-22-9-5-7-20(14-22)23-11-10-19(16-26-23)12-17(2)25-15-18-6-4-8-21(24)13-18/h4-11,13-14,16,25H,2-3,12,15H2,1H3. The van der Waals surface area contributed by atoms with Crippen LogP contribution in [0.5, 0.6) is 5.75 Å². The van der Waals surface area contributed by atoms with Gasteiger partial charge in [0.2, 0.25) is 0 Å². The molecule has 0 spiro atoms. The van der Waals surface area contributed by atoms with Gasteiger partial charge in [0.25, 0.3) is 0 Å². The van der Waals surface area contributed by atoms with Crippen LogP contribution in [-0.4, -0.2) is 11.6 Å². The highest BCUT2D eigenvalue weighted by Crippen LogP contribution is 2.22. The van der Waals surface area contributed by atoms with Crippen molar-refractivity contribution in [2.45, 2.75) is 19.9 Å². The fourth-order valence-electron chi connectivity index (χ4n) is 2.79. The largest absolute Gasteiger partial charge is 0.494 e. The number of nitrogens with zero attached hydrogens (tertiary/aromatic N) is 1. The lowest BCUT2D eigenvalue weighted by Crippen LogP contribution is -2.13. The third-order valence-electron chi connectivity index (χ3n) is 4.11. The van der Waals surface area contributed by atoms with Gasteiger partial charge in [-0.3, -0.25) is 4.98 Å². The van der Waals surface area contributed by atoms with Gasteiger partial charge < -0.3 is 10.1 Å². The Labute approximate surface area is 159 Å². The molecular formula is C23H23FN2O. The van der Waals surface area contributed by atoms with Crippen molar-refractivity contribution in [1.82, 2.24) is 10.3 Å². The zero-order chi connectivity index (χ0) is 19.1. The predicted molar refractivity (Wildman–Crippen MR) is 107 cm³/mol. The van der Waals surface area contributed by atoms with Crippen LogP contribution in [0.25, 0.3) is 11.3 Å². The van der Waals surface area contributed by atoms with Gasteiger partial charge in [-0.1, -0.05) is 36.9 Å². The van der Waals surface area contributed by atoms with E-state index >= 15 is 0 Å². The summed E-state index contributed by atoms with van der Waals surface area (Å²) in [4.78, 5) is 4.56. The molecule has 0 atom stereocenters. The number of aromatic nitrogens is 1. The molecule has 4 heteroatoms. The number of rotatable bonds is 8. The maximum Gasteiger partial charge on any atom is 0.123 e. The molecule has 0 aliphatic carbocycles. The van der Waals surface area contributed by atoms with Crippen molar-refractivity contribution in [3.05, 3.63) is 96.1 Å². The fourth-order valence-corrected chi connectivity index (χ4v) is 2.79. The highest BCUT2D eigenvalue weighted by Gasteiger charge is 2.04. The molecule has 27 heavy (non-hydrogen) atoms. The predicted octanol–water partition coefficient (Wildman–Crippen LogP) is 5.13. The summed E-state index contributed by atoms with van der Waals surface area (Å²) in [6, 6.07) is 18.5. The molecule has 0 unspecified atom stereocenters. The van der Waals surface area contributed by atoms with Gasteiger partial charge in [-0.05, 0) is 48.4 Å². The normalized spacial score (nSPS) is 10.4. The number of hydrogen-bond donors (Lipinski definition) is 1. The van der Waals surface area contributed by atoms with Gasteiger partial charge in [-0.15, -0.1) is 0 Å². The van der Waals surface area contributed by atoms with Crippen LogP contribution < -0.4 is 10.1 Å². The van der Waals surface area contributed by atoms with Crippen LogP contribution in [0, 0.1) is 5.82 Å². The van der Waals surface area contributed by atoms with Crippen LogP contribution in [0.1, 0.15) is 18.1 Å². The molecule has 1 N–H and O–H groups in total. The average Bonchev–Trinajstić information content (AvgIpc) is 2.68. The van der Waals surface area contributed by atoms with E-state index in [1.165, 1.54) is 12.1 Å². The number of allylic oxidation sites excluding steroid dienone is 1. The minimum Gasteiger partial charge on any atom is -0.494 e. The van der Waals surface area contributed by atoms with E-state index < -0.39 is 0 Å². The van der Waals surface area contributed by atoms with Crippen molar-refractivity contribution in [3.8, 4) is 17.0 Å². The first-order valence-corrected chi connectivity index (χ1v) is 8.98. The Bertz CT molecular complexity index is 906. The monoisotopic (exact) mass is 362 g/mol. The summed E-state index contributed by atoms with van der Waals surface area (Å²) in [5.41, 5.74) is 4.75. The summed E-state index contributed by atoms with van der Waals surface area (Å²) in [6.45, 7) is 7.21. The van der Waals surface area contributed by atoms with E-state index in [-0.39, 0.29) is 5.82 Å². The first kappa shape index (κ1) is 18.6. The van der Waals surface area contributed by atoms with E-state index in [4.69, 9.17) is 4.74 Å². The Kier molecular flexibility index (Phi) is 6.21. The molecule has 0 radical (unpaired) electrons. The lowest BCUT2D eigenvalue weighted by molar-refractivity contribution is 0.340. The van der Waals surface area contributed by atoms with Gasteiger partial charge in [-0.2, -0.15) is 0 Å². The molecule has 0 saturated carbocycles. The molecule has 0 fully saturated rings. The van der Waals surface area contributed by atoms with Crippen LogP contribution in [0.2, 0.25) is 0 Å². The molecule has 1 aromatic heterocycles. The summed E-state index contributed by atoms with van der Waals surface area (Å²) in [7, 11) is 0. The first-order chi connectivity index (χ1) is 13.1. The van der Waals surface area contributed by atoms with Gasteiger partial charge in [0, 0.05) is 30.4 Å². The number of pyridine rings is 1. The van der Waals surface area contributed by atoms with Gasteiger partial charge in [-0.25, -0.2) is 4.39 Å². The Morgan fingerprint density at radius 3 is 2.67 bits per heavy atom. The van der Waals surface area contributed by atoms with E-state index in [9.17, 15) is 4.39 Å². The third kappa shape index (κ3) is 5.42. The Hall–Kier alpha value is -3.14. The average molecular weight is 362 g/mol. The zero-order valence-corrected chi connectivity index (χ0v) is 15.4. The molecule has 3 nitrogen and oxygen atoms in total. The van der Waals surface area contributed by atoms with E-state index in [1.807, 2.05) is 55.6 Å². The molecule has 2 aromatic carbocycles. The quantitative estimate of drug-likeness (QED) is 0.603. The van der Waals surface area contributed by atoms with Crippen LogP contribution in [0.15, 0.2) is 79.1 Å². The minimum absolute atomic E-state index is 0.229. The summed E-state index contributed by atoms with van der Waals surface area (Å²) in [5, 5.41) is 3.24. The molecule has 0 amide bonds. The second-order valence-electron chi connectivity index (χ2n) is 6.28. The lowest BCUT2D eigenvalue weighted by atomic mass is 10.1. The van der Waals surface area contributed by atoms with E-state index in [0.717, 1.165) is 33.8 Å². The topological polar surface area (TPSA) is 34.1 Å². The highest BCUT2D eigenvalue weighted by atomic mass is 19.1. The zero-order valence-electron chi connectivity index (χ0n) is 15.4. The molecule has 138 valence electrons. The van der Waals surface area contributed by atoms with Crippen LogP contribution in [-0.2, 0) is 13.0 Å². The molecule has 3 aromatic rings.